The largest absolute Gasteiger partial charge is 0.396 e. The smallest absolute Gasteiger partial charge is 0.0433 e. The molecule has 68 valence electrons. The maximum absolute atomic E-state index is 8.85. The van der Waals surface area contributed by atoms with Gasteiger partial charge in [-0.05, 0) is 49.9 Å². The number of aliphatic hydroxyl groups is 1. The molecule has 0 radical (unpaired) electrons. The van der Waals surface area contributed by atoms with Crippen LogP contribution in [0.15, 0.2) is 12.2 Å². The summed E-state index contributed by atoms with van der Waals surface area (Å²) in [5.74, 6) is 2.79. The van der Waals surface area contributed by atoms with Crippen molar-refractivity contribution in [2.24, 2.45) is 17.8 Å². The van der Waals surface area contributed by atoms with Crippen molar-refractivity contribution in [3.8, 4) is 0 Å². The first kappa shape index (κ1) is 8.31. The third kappa shape index (κ3) is 1.56. The fourth-order valence-electron chi connectivity index (χ4n) is 2.77. The van der Waals surface area contributed by atoms with Crippen LogP contribution in [-0.2, 0) is 0 Å². The third-order valence-electron chi connectivity index (χ3n) is 3.47. The normalized spacial score (nSPS) is 39.9. The standard InChI is InChI=1S/C11H18O/c12-8-7-11-9-5-3-1-2-4-6-10(9)11/h1-2,9-12H,3-8H2. The average molecular weight is 166 g/mol. The number of hydrogen-bond donors (Lipinski definition) is 1. The zero-order chi connectivity index (χ0) is 8.39. The van der Waals surface area contributed by atoms with Gasteiger partial charge in [0.15, 0.2) is 0 Å². The summed E-state index contributed by atoms with van der Waals surface area (Å²) in [5, 5.41) is 8.85. The Morgan fingerprint density at radius 3 is 2.17 bits per heavy atom. The van der Waals surface area contributed by atoms with E-state index in [-0.39, 0.29) is 0 Å². The number of fused-ring (bicyclic) bond motifs is 1. The maximum atomic E-state index is 8.85. The SMILES string of the molecule is OCCC1C2CCC=CCCC12. The lowest BCUT2D eigenvalue weighted by Crippen LogP contribution is -1.87. The molecule has 0 heterocycles. The summed E-state index contributed by atoms with van der Waals surface area (Å²) in [6, 6.07) is 0. The molecule has 0 saturated heterocycles. The Bertz CT molecular complexity index is 158. The maximum Gasteiger partial charge on any atom is 0.0433 e. The topological polar surface area (TPSA) is 20.2 Å². The van der Waals surface area contributed by atoms with E-state index in [1.54, 1.807) is 0 Å². The molecule has 0 bridgehead atoms. The van der Waals surface area contributed by atoms with Gasteiger partial charge in [-0.2, -0.15) is 0 Å². The average Bonchev–Trinajstić information content (AvgIpc) is 2.61. The first-order valence-corrected chi connectivity index (χ1v) is 5.19. The first-order valence-electron chi connectivity index (χ1n) is 5.19. The summed E-state index contributed by atoms with van der Waals surface area (Å²) < 4.78 is 0. The molecule has 2 aliphatic carbocycles. The van der Waals surface area contributed by atoms with Crippen molar-refractivity contribution in [3.63, 3.8) is 0 Å². The van der Waals surface area contributed by atoms with Crippen LogP contribution in [0.5, 0.6) is 0 Å². The second kappa shape index (κ2) is 3.61. The predicted octanol–water partition coefficient (Wildman–Crippen LogP) is 2.36. The van der Waals surface area contributed by atoms with Gasteiger partial charge in [0.2, 0.25) is 0 Å². The van der Waals surface area contributed by atoms with Crippen LogP contribution in [0.1, 0.15) is 32.1 Å². The van der Waals surface area contributed by atoms with Gasteiger partial charge < -0.3 is 5.11 Å². The molecule has 0 aromatic rings. The molecule has 2 rings (SSSR count). The minimum atomic E-state index is 0.394. The van der Waals surface area contributed by atoms with Gasteiger partial charge >= 0.3 is 0 Å². The molecular weight excluding hydrogens is 148 g/mol. The summed E-state index contributed by atoms with van der Waals surface area (Å²) in [4.78, 5) is 0. The number of aliphatic hydroxyl groups excluding tert-OH is 1. The Morgan fingerprint density at radius 1 is 1.08 bits per heavy atom. The van der Waals surface area contributed by atoms with E-state index in [2.05, 4.69) is 12.2 Å². The molecule has 0 aromatic carbocycles. The second-order valence-corrected chi connectivity index (χ2v) is 4.13. The Labute approximate surface area is 74.5 Å². The zero-order valence-electron chi connectivity index (χ0n) is 7.58. The molecule has 1 fully saturated rings. The minimum Gasteiger partial charge on any atom is -0.396 e. The molecular formula is C11H18O. The third-order valence-corrected chi connectivity index (χ3v) is 3.47. The molecule has 1 N–H and O–H groups in total. The van der Waals surface area contributed by atoms with Crippen molar-refractivity contribution in [1.82, 2.24) is 0 Å². The van der Waals surface area contributed by atoms with Crippen molar-refractivity contribution in [2.75, 3.05) is 6.61 Å². The van der Waals surface area contributed by atoms with Crippen molar-refractivity contribution in [1.29, 1.82) is 0 Å². The van der Waals surface area contributed by atoms with Crippen molar-refractivity contribution in [3.05, 3.63) is 12.2 Å². The zero-order valence-corrected chi connectivity index (χ0v) is 7.58. The molecule has 2 atom stereocenters. The molecule has 0 aromatic heterocycles. The van der Waals surface area contributed by atoms with Gasteiger partial charge in [0.05, 0.1) is 0 Å². The molecule has 2 unspecified atom stereocenters. The van der Waals surface area contributed by atoms with Crippen LogP contribution in [0.3, 0.4) is 0 Å². The van der Waals surface area contributed by atoms with E-state index in [1.165, 1.54) is 25.7 Å². The van der Waals surface area contributed by atoms with Crippen LogP contribution < -0.4 is 0 Å². The Balaban J connectivity index is 1.85. The van der Waals surface area contributed by atoms with Crippen LogP contribution in [0.4, 0.5) is 0 Å². The highest BCUT2D eigenvalue weighted by atomic mass is 16.3. The summed E-state index contributed by atoms with van der Waals surface area (Å²) in [7, 11) is 0. The highest BCUT2D eigenvalue weighted by Crippen LogP contribution is 2.54. The molecule has 0 amide bonds. The molecule has 0 spiro atoms. The van der Waals surface area contributed by atoms with E-state index in [1.807, 2.05) is 0 Å². The number of rotatable bonds is 2. The van der Waals surface area contributed by atoms with E-state index < -0.39 is 0 Å². The predicted molar refractivity (Wildman–Crippen MR) is 49.8 cm³/mol. The lowest BCUT2D eigenvalue weighted by molar-refractivity contribution is 0.274. The second-order valence-electron chi connectivity index (χ2n) is 4.13. The van der Waals surface area contributed by atoms with E-state index in [0.29, 0.717) is 6.61 Å². The molecule has 1 nitrogen and oxygen atoms in total. The van der Waals surface area contributed by atoms with Gasteiger partial charge in [0, 0.05) is 6.61 Å². The number of allylic oxidation sites excluding steroid dienone is 2. The van der Waals surface area contributed by atoms with Crippen LogP contribution in [-0.4, -0.2) is 11.7 Å². The van der Waals surface area contributed by atoms with E-state index in [4.69, 9.17) is 5.11 Å². The van der Waals surface area contributed by atoms with Gasteiger partial charge in [0.25, 0.3) is 0 Å². The van der Waals surface area contributed by atoms with E-state index >= 15 is 0 Å². The van der Waals surface area contributed by atoms with Gasteiger partial charge in [-0.25, -0.2) is 0 Å². The highest BCUT2D eigenvalue weighted by molar-refractivity contribution is 5.01. The van der Waals surface area contributed by atoms with Gasteiger partial charge in [0.1, 0.15) is 0 Å². The quantitative estimate of drug-likeness (QED) is 0.624. The molecule has 2 aliphatic rings. The fourth-order valence-corrected chi connectivity index (χ4v) is 2.77. The van der Waals surface area contributed by atoms with Crippen molar-refractivity contribution in [2.45, 2.75) is 32.1 Å². The van der Waals surface area contributed by atoms with Gasteiger partial charge in [-0.15, -0.1) is 0 Å². The van der Waals surface area contributed by atoms with Crippen LogP contribution in [0.2, 0.25) is 0 Å². The number of hydrogen-bond acceptors (Lipinski definition) is 1. The molecule has 1 heteroatoms. The van der Waals surface area contributed by atoms with E-state index in [9.17, 15) is 0 Å². The Morgan fingerprint density at radius 2 is 1.67 bits per heavy atom. The van der Waals surface area contributed by atoms with E-state index in [0.717, 1.165) is 24.2 Å². The van der Waals surface area contributed by atoms with Crippen molar-refractivity contribution >= 4 is 0 Å². The molecule has 0 aliphatic heterocycles. The highest BCUT2D eigenvalue weighted by Gasteiger charge is 2.47. The van der Waals surface area contributed by atoms with Crippen LogP contribution in [0, 0.1) is 17.8 Å². The minimum absolute atomic E-state index is 0.394. The summed E-state index contributed by atoms with van der Waals surface area (Å²) >= 11 is 0. The summed E-state index contributed by atoms with van der Waals surface area (Å²) in [6.45, 7) is 0.394. The lowest BCUT2D eigenvalue weighted by atomic mass is 10.1. The first-order chi connectivity index (χ1) is 5.93. The van der Waals surface area contributed by atoms with Gasteiger partial charge in [-0.3, -0.25) is 0 Å². The van der Waals surface area contributed by atoms with Crippen molar-refractivity contribution < 1.29 is 5.11 Å². The lowest BCUT2D eigenvalue weighted by Gasteiger charge is -1.99. The Hall–Kier alpha value is -0.300. The molecule has 12 heavy (non-hydrogen) atoms. The Kier molecular flexibility index (Phi) is 2.50. The fraction of sp³-hybridized carbons (Fsp3) is 0.818. The van der Waals surface area contributed by atoms with Crippen LogP contribution in [0.25, 0.3) is 0 Å². The molecule has 1 saturated carbocycles. The summed E-state index contributed by atoms with van der Waals surface area (Å²) in [5.41, 5.74) is 0. The monoisotopic (exact) mass is 166 g/mol. The van der Waals surface area contributed by atoms with Crippen LogP contribution >= 0.6 is 0 Å². The van der Waals surface area contributed by atoms with Gasteiger partial charge in [-0.1, -0.05) is 12.2 Å². The summed E-state index contributed by atoms with van der Waals surface area (Å²) in [6.07, 6.45) is 11.0.